The first kappa shape index (κ1) is 18.3. The number of amides is 2. The molecule has 0 spiro atoms. The van der Waals surface area contributed by atoms with Crippen LogP contribution in [0.1, 0.15) is 44.6 Å². The van der Waals surface area contributed by atoms with Gasteiger partial charge in [0, 0.05) is 18.7 Å². The molecule has 5 nitrogen and oxygen atoms in total. The quantitative estimate of drug-likeness (QED) is 0.714. The zero-order valence-corrected chi connectivity index (χ0v) is 13.6. The number of carbonyl (C=O) groups excluding carboxylic acids is 2. The Hall–Kier alpha value is -2.02. The normalized spacial score (nSPS) is 16.2. The molecule has 0 saturated heterocycles. The zero-order chi connectivity index (χ0) is 17.8. The number of halogens is 2. The van der Waals surface area contributed by atoms with Gasteiger partial charge in [-0.15, -0.1) is 0 Å². The topological polar surface area (TPSA) is 78.4 Å². The molecule has 7 heteroatoms. The number of hydrogen-bond donors (Lipinski definition) is 3. The van der Waals surface area contributed by atoms with E-state index in [2.05, 4.69) is 10.6 Å². The van der Waals surface area contributed by atoms with Crippen LogP contribution >= 0.6 is 0 Å². The lowest BCUT2D eigenvalue weighted by Crippen LogP contribution is -2.60. The molecule has 0 unspecified atom stereocenters. The Morgan fingerprint density at radius 3 is 2.38 bits per heavy atom. The summed E-state index contributed by atoms with van der Waals surface area (Å²) < 4.78 is 27.8. The molecule has 1 aromatic carbocycles. The van der Waals surface area contributed by atoms with Crippen molar-refractivity contribution in [2.45, 2.75) is 57.1 Å². The molecule has 0 atom stereocenters. The number of nitrogens with one attached hydrogen (secondary N) is 2. The second-order valence-corrected chi connectivity index (χ2v) is 6.14. The summed E-state index contributed by atoms with van der Waals surface area (Å²) >= 11 is 0. The fraction of sp³-hybridized carbons (Fsp3) is 0.529. The van der Waals surface area contributed by atoms with Crippen LogP contribution in [0.25, 0.3) is 0 Å². The Morgan fingerprint density at radius 2 is 1.88 bits per heavy atom. The molecule has 24 heavy (non-hydrogen) atoms. The van der Waals surface area contributed by atoms with E-state index in [0.717, 1.165) is 6.42 Å². The predicted molar refractivity (Wildman–Crippen MR) is 85.6 cm³/mol. The Bertz CT molecular complexity index is 598. The standard InChI is InChI=1S/C17H22F2N2O3/c1-2-4-14(22)21-13-7-5-12(6-8-13)11-20-15(23)17(18,19)16(24)9-3-10-16/h5-8,24H,2-4,9-11H2,1H3,(H,20,23)(H,21,22). The summed E-state index contributed by atoms with van der Waals surface area (Å²) in [5.74, 6) is -5.35. The third kappa shape index (κ3) is 3.90. The molecule has 0 bridgehead atoms. The van der Waals surface area contributed by atoms with Gasteiger partial charge in [0.2, 0.25) is 5.91 Å². The molecule has 1 aromatic rings. The van der Waals surface area contributed by atoms with E-state index in [1.54, 1.807) is 24.3 Å². The van der Waals surface area contributed by atoms with Crippen LogP contribution in [0.15, 0.2) is 24.3 Å². The van der Waals surface area contributed by atoms with Gasteiger partial charge in [-0.05, 0) is 43.4 Å². The van der Waals surface area contributed by atoms with Gasteiger partial charge in [-0.25, -0.2) is 0 Å². The van der Waals surface area contributed by atoms with E-state index in [1.165, 1.54) is 0 Å². The highest BCUT2D eigenvalue weighted by molar-refractivity contribution is 5.90. The molecule has 2 amide bonds. The molecule has 1 aliphatic carbocycles. The van der Waals surface area contributed by atoms with Crippen molar-refractivity contribution in [2.24, 2.45) is 0 Å². The average Bonchev–Trinajstić information content (AvgIpc) is 2.51. The van der Waals surface area contributed by atoms with Crippen LogP contribution in [0.5, 0.6) is 0 Å². The molecule has 1 saturated carbocycles. The minimum Gasteiger partial charge on any atom is -0.383 e. The smallest absolute Gasteiger partial charge is 0.352 e. The van der Waals surface area contributed by atoms with Gasteiger partial charge in [-0.2, -0.15) is 8.78 Å². The lowest BCUT2D eigenvalue weighted by molar-refractivity contribution is -0.216. The molecule has 132 valence electrons. The zero-order valence-electron chi connectivity index (χ0n) is 13.6. The number of benzene rings is 1. The Morgan fingerprint density at radius 1 is 1.25 bits per heavy atom. The third-order valence-corrected chi connectivity index (χ3v) is 4.22. The maximum Gasteiger partial charge on any atom is 0.352 e. The van der Waals surface area contributed by atoms with Gasteiger partial charge >= 0.3 is 5.92 Å². The van der Waals surface area contributed by atoms with Crippen molar-refractivity contribution in [3.8, 4) is 0 Å². The van der Waals surface area contributed by atoms with E-state index >= 15 is 0 Å². The maximum atomic E-state index is 13.9. The lowest BCUT2D eigenvalue weighted by Gasteiger charge is -2.41. The summed E-state index contributed by atoms with van der Waals surface area (Å²) in [5, 5.41) is 14.6. The van der Waals surface area contributed by atoms with Crippen molar-refractivity contribution in [3.63, 3.8) is 0 Å². The molecule has 0 radical (unpaired) electrons. The predicted octanol–water partition coefficient (Wildman–Crippen LogP) is 2.59. The highest BCUT2D eigenvalue weighted by Crippen LogP contribution is 2.44. The molecular weight excluding hydrogens is 318 g/mol. The third-order valence-electron chi connectivity index (χ3n) is 4.22. The van der Waals surface area contributed by atoms with E-state index in [4.69, 9.17) is 0 Å². The largest absolute Gasteiger partial charge is 0.383 e. The Balaban J connectivity index is 1.88. The first-order valence-corrected chi connectivity index (χ1v) is 8.06. The monoisotopic (exact) mass is 340 g/mol. The summed E-state index contributed by atoms with van der Waals surface area (Å²) in [6, 6.07) is 6.56. The highest BCUT2D eigenvalue weighted by Gasteiger charge is 2.61. The van der Waals surface area contributed by atoms with Gasteiger partial charge in [0.25, 0.3) is 5.91 Å². The number of aliphatic hydroxyl groups is 1. The van der Waals surface area contributed by atoms with Gasteiger partial charge in [0.1, 0.15) is 5.60 Å². The van der Waals surface area contributed by atoms with Crippen molar-refractivity contribution in [1.29, 1.82) is 0 Å². The molecule has 3 N–H and O–H groups in total. The van der Waals surface area contributed by atoms with Crippen LogP contribution < -0.4 is 10.6 Å². The molecule has 0 aliphatic heterocycles. The molecule has 2 rings (SSSR count). The van der Waals surface area contributed by atoms with Crippen LogP contribution in [0.4, 0.5) is 14.5 Å². The summed E-state index contributed by atoms with van der Waals surface area (Å²) in [4.78, 5) is 23.2. The molecule has 1 fully saturated rings. The van der Waals surface area contributed by atoms with Crippen molar-refractivity contribution >= 4 is 17.5 Å². The number of hydrogen-bond acceptors (Lipinski definition) is 3. The summed E-state index contributed by atoms with van der Waals surface area (Å²) in [5.41, 5.74) is -0.990. The van der Waals surface area contributed by atoms with Gasteiger partial charge in [0.05, 0.1) is 0 Å². The van der Waals surface area contributed by atoms with E-state index in [1.807, 2.05) is 6.92 Å². The Labute approximate surface area is 139 Å². The van der Waals surface area contributed by atoms with E-state index in [-0.39, 0.29) is 25.3 Å². The first-order chi connectivity index (χ1) is 11.3. The number of alkyl halides is 2. The fourth-order valence-corrected chi connectivity index (χ4v) is 2.49. The molecular formula is C17H22F2N2O3. The highest BCUT2D eigenvalue weighted by atomic mass is 19.3. The van der Waals surface area contributed by atoms with Crippen molar-refractivity contribution in [3.05, 3.63) is 29.8 Å². The van der Waals surface area contributed by atoms with Gasteiger partial charge in [0.15, 0.2) is 0 Å². The summed E-state index contributed by atoms with van der Waals surface area (Å²) in [6.45, 7) is 1.83. The summed E-state index contributed by atoms with van der Waals surface area (Å²) in [6.07, 6.45) is 1.52. The molecule has 0 aromatic heterocycles. The fourth-order valence-electron chi connectivity index (χ4n) is 2.49. The second kappa shape index (κ2) is 7.25. The van der Waals surface area contributed by atoms with Crippen LogP contribution in [-0.2, 0) is 16.1 Å². The molecule has 1 aliphatic rings. The maximum absolute atomic E-state index is 13.9. The first-order valence-electron chi connectivity index (χ1n) is 8.06. The second-order valence-electron chi connectivity index (χ2n) is 6.14. The minimum absolute atomic E-state index is 0.0699. The van der Waals surface area contributed by atoms with Crippen LogP contribution in [-0.4, -0.2) is 28.4 Å². The van der Waals surface area contributed by atoms with Crippen LogP contribution in [0.3, 0.4) is 0 Å². The SMILES string of the molecule is CCCC(=O)Nc1ccc(CNC(=O)C(F)(F)C2(O)CCC2)cc1. The average molecular weight is 340 g/mol. The minimum atomic E-state index is -3.79. The van der Waals surface area contributed by atoms with Crippen molar-refractivity contribution in [2.75, 3.05) is 5.32 Å². The number of rotatable bonds is 7. The van der Waals surface area contributed by atoms with Crippen molar-refractivity contribution < 1.29 is 23.5 Å². The number of anilines is 1. The van der Waals surface area contributed by atoms with E-state index < -0.39 is 17.4 Å². The molecule has 0 heterocycles. The lowest BCUT2D eigenvalue weighted by atomic mass is 9.75. The van der Waals surface area contributed by atoms with Crippen LogP contribution in [0.2, 0.25) is 0 Å². The van der Waals surface area contributed by atoms with Crippen LogP contribution in [0, 0.1) is 0 Å². The van der Waals surface area contributed by atoms with Crippen molar-refractivity contribution in [1.82, 2.24) is 5.32 Å². The summed E-state index contributed by atoms with van der Waals surface area (Å²) in [7, 11) is 0. The number of carbonyl (C=O) groups is 2. The Kier molecular flexibility index (Phi) is 5.54. The van der Waals surface area contributed by atoms with E-state index in [9.17, 15) is 23.5 Å². The van der Waals surface area contributed by atoms with Gasteiger partial charge in [-0.1, -0.05) is 19.1 Å². The van der Waals surface area contributed by atoms with Gasteiger partial charge in [-0.3, -0.25) is 9.59 Å². The van der Waals surface area contributed by atoms with Gasteiger partial charge < -0.3 is 15.7 Å². The van der Waals surface area contributed by atoms with E-state index in [0.29, 0.717) is 24.1 Å².